The number of nitrogens with one attached hydrogen (secondary N) is 1. The van der Waals surface area contributed by atoms with E-state index in [1.807, 2.05) is 24.3 Å². The second-order valence-electron chi connectivity index (χ2n) is 10.1. The van der Waals surface area contributed by atoms with E-state index < -0.39 is 24.0 Å². The molecule has 2 N–H and O–H groups in total. The van der Waals surface area contributed by atoms with E-state index in [-0.39, 0.29) is 24.5 Å². The fourth-order valence-electron chi connectivity index (χ4n) is 5.07. The van der Waals surface area contributed by atoms with E-state index in [4.69, 9.17) is 9.84 Å². The van der Waals surface area contributed by atoms with Crippen molar-refractivity contribution in [2.24, 2.45) is 11.8 Å². The van der Waals surface area contributed by atoms with Gasteiger partial charge in [-0.25, -0.2) is 4.79 Å². The minimum Gasteiger partial charge on any atom is -0.481 e. The van der Waals surface area contributed by atoms with Crippen LogP contribution in [0.15, 0.2) is 48.5 Å². The number of ether oxygens (including phenoxy) is 1. The molecule has 2 aromatic carbocycles. The van der Waals surface area contributed by atoms with Crippen molar-refractivity contribution in [1.82, 2.24) is 10.2 Å². The zero-order valence-electron chi connectivity index (χ0n) is 20.6. The van der Waals surface area contributed by atoms with Crippen molar-refractivity contribution in [3.05, 3.63) is 59.7 Å². The Balaban J connectivity index is 1.39. The van der Waals surface area contributed by atoms with Crippen LogP contribution >= 0.6 is 0 Å². The van der Waals surface area contributed by atoms with Gasteiger partial charge in [-0.15, -0.1) is 0 Å². The molecule has 1 atom stereocenters. The summed E-state index contributed by atoms with van der Waals surface area (Å²) in [7, 11) is 1.69. The van der Waals surface area contributed by atoms with Gasteiger partial charge in [-0.1, -0.05) is 62.4 Å². The molecule has 0 saturated heterocycles. The first-order valence-electron chi connectivity index (χ1n) is 12.4. The first-order valence-corrected chi connectivity index (χ1v) is 12.4. The fourth-order valence-corrected chi connectivity index (χ4v) is 5.07. The van der Waals surface area contributed by atoms with E-state index in [0.717, 1.165) is 28.7 Å². The van der Waals surface area contributed by atoms with Crippen molar-refractivity contribution >= 4 is 18.0 Å². The lowest BCUT2D eigenvalue weighted by atomic mass is 9.79. The summed E-state index contributed by atoms with van der Waals surface area (Å²) in [5, 5.41) is 11.9. The first-order chi connectivity index (χ1) is 16.8. The second-order valence-corrected chi connectivity index (χ2v) is 10.1. The molecule has 0 aromatic heterocycles. The summed E-state index contributed by atoms with van der Waals surface area (Å²) in [5.41, 5.74) is 4.58. The van der Waals surface area contributed by atoms with E-state index in [1.165, 1.54) is 0 Å². The SMILES string of the molecule is CC(C)CCC(NC(=O)OCC1c2ccccc2-c2ccccc21)C(=O)N(C)C1CC(C(=O)O)C1. The number of alkyl carbamates (subject to hydrolysis) is 1. The van der Waals surface area contributed by atoms with E-state index >= 15 is 0 Å². The van der Waals surface area contributed by atoms with Crippen LogP contribution in [0.2, 0.25) is 0 Å². The molecular weight excluding hydrogens is 444 g/mol. The maximum Gasteiger partial charge on any atom is 0.407 e. The Morgan fingerprint density at radius 2 is 1.57 bits per heavy atom. The van der Waals surface area contributed by atoms with Crippen LogP contribution in [-0.2, 0) is 14.3 Å². The van der Waals surface area contributed by atoms with Crippen LogP contribution in [0, 0.1) is 11.8 Å². The highest BCUT2D eigenvalue weighted by molar-refractivity contribution is 5.86. The fraction of sp³-hybridized carbons (Fsp3) is 0.464. The van der Waals surface area contributed by atoms with Crippen LogP contribution in [0.1, 0.15) is 56.6 Å². The Kier molecular flexibility index (Phi) is 7.43. The molecule has 7 nitrogen and oxygen atoms in total. The van der Waals surface area contributed by atoms with Crippen LogP contribution in [0.5, 0.6) is 0 Å². The normalized spacial score (nSPS) is 19.3. The van der Waals surface area contributed by atoms with Crippen LogP contribution in [-0.4, -0.2) is 53.7 Å². The number of nitrogens with zero attached hydrogens (tertiary/aromatic N) is 1. The number of carboxylic acid groups (broad SMARTS) is 1. The van der Waals surface area contributed by atoms with Gasteiger partial charge in [0.15, 0.2) is 0 Å². The maximum atomic E-state index is 13.2. The summed E-state index contributed by atoms with van der Waals surface area (Å²) in [5.74, 6) is -1.11. The van der Waals surface area contributed by atoms with Crippen LogP contribution in [0.3, 0.4) is 0 Å². The van der Waals surface area contributed by atoms with E-state index in [2.05, 4.69) is 43.4 Å². The van der Waals surface area contributed by atoms with E-state index in [9.17, 15) is 14.4 Å². The highest BCUT2D eigenvalue weighted by Gasteiger charge is 2.40. The number of benzene rings is 2. The Hall–Kier alpha value is -3.35. The summed E-state index contributed by atoms with van der Waals surface area (Å²) in [6, 6.07) is 15.5. The molecule has 1 unspecified atom stereocenters. The van der Waals surface area contributed by atoms with Gasteiger partial charge in [0.2, 0.25) is 5.91 Å². The predicted molar refractivity (Wildman–Crippen MR) is 133 cm³/mol. The summed E-state index contributed by atoms with van der Waals surface area (Å²) in [6.07, 6.45) is 1.55. The van der Waals surface area contributed by atoms with Gasteiger partial charge in [0.05, 0.1) is 5.92 Å². The Labute approximate surface area is 206 Å². The average molecular weight is 479 g/mol. The van der Waals surface area contributed by atoms with Gasteiger partial charge in [-0.3, -0.25) is 9.59 Å². The van der Waals surface area contributed by atoms with Gasteiger partial charge >= 0.3 is 12.1 Å². The predicted octanol–water partition coefficient (Wildman–Crippen LogP) is 4.65. The molecule has 0 radical (unpaired) electrons. The molecule has 7 heteroatoms. The minimum absolute atomic E-state index is 0.0523. The molecule has 0 spiro atoms. The molecular formula is C28H34N2O5. The average Bonchev–Trinajstić information content (AvgIpc) is 3.12. The third-order valence-corrected chi connectivity index (χ3v) is 7.32. The van der Waals surface area contributed by atoms with Crippen LogP contribution in [0.25, 0.3) is 11.1 Å². The standard InChI is InChI=1S/C28H34N2O5/c1-17(2)12-13-25(26(31)30(3)19-14-18(15-19)27(32)33)29-28(34)35-16-24-22-10-6-4-8-20(22)21-9-5-7-11-23(21)24/h4-11,17-19,24-25H,12-16H2,1-3H3,(H,29,34)(H,32,33). The summed E-state index contributed by atoms with van der Waals surface area (Å²) >= 11 is 0. The largest absolute Gasteiger partial charge is 0.481 e. The molecule has 4 rings (SSSR count). The lowest BCUT2D eigenvalue weighted by molar-refractivity contribution is -0.150. The molecule has 186 valence electrons. The number of carboxylic acids is 1. The first kappa shape index (κ1) is 24.8. The number of carbonyl (C=O) groups is 3. The van der Waals surface area contributed by atoms with Gasteiger partial charge in [-0.05, 0) is 53.9 Å². The zero-order chi connectivity index (χ0) is 25.1. The summed E-state index contributed by atoms with van der Waals surface area (Å²) < 4.78 is 5.66. The maximum absolute atomic E-state index is 13.2. The molecule has 0 aliphatic heterocycles. The lowest BCUT2D eigenvalue weighted by Gasteiger charge is -2.40. The molecule has 1 saturated carbocycles. The van der Waals surface area contributed by atoms with E-state index in [0.29, 0.717) is 25.2 Å². The zero-order valence-corrected chi connectivity index (χ0v) is 20.6. The third kappa shape index (κ3) is 5.34. The third-order valence-electron chi connectivity index (χ3n) is 7.32. The van der Waals surface area contributed by atoms with Crippen molar-refractivity contribution in [2.45, 2.75) is 57.5 Å². The van der Waals surface area contributed by atoms with Crippen LogP contribution < -0.4 is 5.32 Å². The molecule has 2 aliphatic carbocycles. The number of fused-ring (bicyclic) bond motifs is 3. The summed E-state index contributed by atoms with van der Waals surface area (Å²) in [6.45, 7) is 4.33. The van der Waals surface area contributed by atoms with Crippen LogP contribution in [0.4, 0.5) is 4.79 Å². The number of likely N-dealkylation sites (N-methyl/N-ethyl adjacent to an activating group) is 1. The number of rotatable bonds is 9. The van der Waals surface area contributed by atoms with Gasteiger partial charge in [0.1, 0.15) is 12.6 Å². The number of hydrogen-bond acceptors (Lipinski definition) is 4. The number of aliphatic carboxylic acids is 1. The molecule has 2 amide bonds. The number of carbonyl (C=O) groups excluding carboxylic acids is 2. The van der Waals surface area contributed by atoms with Gasteiger partial charge in [-0.2, -0.15) is 0 Å². The highest BCUT2D eigenvalue weighted by Crippen LogP contribution is 2.44. The van der Waals surface area contributed by atoms with E-state index in [1.54, 1.807) is 11.9 Å². The second kappa shape index (κ2) is 10.5. The molecule has 2 aliphatic rings. The Morgan fingerprint density at radius 3 is 2.11 bits per heavy atom. The smallest absolute Gasteiger partial charge is 0.407 e. The quantitative estimate of drug-likeness (QED) is 0.547. The number of amides is 2. The molecule has 0 bridgehead atoms. The van der Waals surface area contributed by atoms with Crippen molar-refractivity contribution in [3.63, 3.8) is 0 Å². The number of hydrogen-bond donors (Lipinski definition) is 2. The monoisotopic (exact) mass is 478 g/mol. The Morgan fingerprint density at radius 1 is 1.00 bits per heavy atom. The summed E-state index contributed by atoms with van der Waals surface area (Å²) in [4.78, 5) is 38.7. The molecule has 35 heavy (non-hydrogen) atoms. The minimum atomic E-state index is -0.824. The van der Waals surface area contributed by atoms with Gasteiger partial charge in [0.25, 0.3) is 0 Å². The molecule has 2 aromatic rings. The molecule has 1 fully saturated rings. The van der Waals surface area contributed by atoms with Crippen molar-refractivity contribution in [2.75, 3.05) is 13.7 Å². The van der Waals surface area contributed by atoms with Gasteiger partial charge in [0, 0.05) is 19.0 Å². The van der Waals surface area contributed by atoms with Crippen molar-refractivity contribution < 1.29 is 24.2 Å². The topological polar surface area (TPSA) is 95.9 Å². The Bertz CT molecular complexity index is 1050. The lowest BCUT2D eigenvalue weighted by Crippen LogP contribution is -2.54. The molecule has 0 heterocycles. The van der Waals surface area contributed by atoms with Crippen molar-refractivity contribution in [3.8, 4) is 11.1 Å². The highest BCUT2D eigenvalue weighted by atomic mass is 16.5. The van der Waals surface area contributed by atoms with Gasteiger partial charge < -0.3 is 20.1 Å². The van der Waals surface area contributed by atoms with Crippen molar-refractivity contribution in [1.29, 1.82) is 0 Å².